The van der Waals surface area contributed by atoms with Gasteiger partial charge in [0.15, 0.2) is 11.5 Å². The van der Waals surface area contributed by atoms with Crippen LogP contribution in [-0.2, 0) is 0 Å². The second-order valence-electron chi connectivity index (χ2n) is 3.78. The summed E-state index contributed by atoms with van der Waals surface area (Å²) in [6.07, 6.45) is 1.53. The van der Waals surface area contributed by atoms with Gasteiger partial charge < -0.3 is 9.84 Å². The molecule has 0 bridgehead atoms. The van der Waals surface area contributed by atoms with Crippen molar-refractivity contribution in [2.45, 2.75) is 0 Å². The maximum Gasteiger partial charge on any atom is 0.166 e. The molecule has 0 atom stereocenters. The molecule has 0 amide bonds. The first-order valence-corrected chi connectivity index (χ1v) is 6.22. The molecule has 98 valence electrons. The van der Waals surface area contributed by atoms with Crippen molar-refractivity contribution in [3.63, 3.8) is 0 Å². The number of nitrogens with zero attached hydrogens (tertiary/aromatic N) is 1. The van der Waals surface area contributed by atoms with Gasteiger partial charge in [0.1, 0.15) is 0 Å². The molecule has 2 aromatic carbocycles. The topological polar surface area (TPSA) is 41.8 Å². The number of hydrogen-bond donors (Lipinski definition) is 1. The average molecular weight is 296 g/mol. The molecule has 0 radical (unpaired) electrons. The van der Waals surface area contributed by atoms with Crippen molar-refractivity contribution in [1.29, 1.82) is 0 Å². The lowest BCUT2D eigenvalue weighted by Gasteiger charge is -2.04. The summed E-state index contributed by atoms with van der Waals surface area (Å²) in [5.74, 6) is 0.440. The molecule has 0 aliphatic carbocycles. The van der Waals surface area contributed by atoms with Crippen LogP contribution in [-0.4, -0.2) is 18.4 Å². The molecule has 0 aliphatic rings. The fourth-order valence-corrected chi connectivity index (χ4v) is 2.08. The van der Waals surface area contributed by atoms with E-state index >= 15 is 0 Å². The average Bonchev–Trinajstić information content (AvgIpc) is 2.36. The van der Waals surface area contributed by atoms with E-state index in [4.69, 9.17) is 27.9 Å². The highest BCUT2D eigenvalue weighted by Crippen LogP contribution is 2.29. The lowest BCUT2D eigenvalue weighted by Crippen LogP contribution is -1.88. The minimum atomic E-state index is 0.0434. The third-order valence-electron chi connectivity index (χ3n) is 2.45. The summed E-state index contributed by atoms with van der Waals surface area (Å²) in [4.78, 5) is 4.22. The molecule has 5 heteroatoms. The third-order valence-corrected chi connectivity index (χ3v) is 2.89. The van der Waals surface area contributed by atoms with Crippen molar-refractivity contribution in [3.8, 4) is 11.5 Å². The third kappa shape index (κ3) is 3.40. The van der Waals surface area contributed by atoms with Crippen LogP contribution in [0, 0.1) is 0 Å². The van der Waals surface area contributed by atoms with Crippen LogP contribution in [0.2, 0.25) is 10.0 Å². The molecule has 3 nitrogen and oxygen atoms in total. The summed E-state index contributed by atoms with van der Waals surface area (Å²) in [5, 5.41) is 10.9. The zero-order chi connectivity index (χ0) is 13.8. The molecule has 0 saturated heterocycles. The zero-order valence-corrected chi connectivity index (χ0v) is 11.6. The lowest BCUT2D eigenvalue weighted by molar-refractivity contribution is 0.373. The van der Waals surface area contributed by atoms with Crippen molar-refractivity contribution in [2.75, 3.05) is 7.11 Å². The van der Waals surface area contributed by atoms with Crippen LogP contribution in [0.15, 0.2) is 41.4 Å². The van der Waals surface area contributed by atoms with Crippen LogP contribution in [0.25, 0.3) is 0 Å². The summed E-state index contributed by atoms with van der Waals surface area (Å²) < 4.78 is 5.02. The Bertz CT molecular complexity index is 607. The molecular weight excluding hydrogens is 285 g/mol. The fraction of sp³-hybridized carbons (Fsp3) is 0.0714. The minimum absolute atomic E-state index is 0.0434. The number of phenolic OH excluding ortho intramolecular Hbond substituents is 1. The van der Waals surface area contributed by atoms with Gasteiger partial charge in [0.25, 0.3) is 0 Å². The highest BCUT2D eigenvalue weighted by Gasteiger charge is 2.04. The molecule has 0 unspecified atom stereocenters. The van der Waals surface area contributed by atoms with Gasteiger partial charge in [-0.15, -0.1) is 0 Å². The zero-order valence-electron chi connectivity index (χ0n) is 10.1. The van der Waals surface area contributed by atoms with Crippen molar-refractivity contribution in [3.05, 3.63) is 52.0 Å². The van der Waals surface area contributed by atoms with Crippen LogP contribution in [0.5, 0.6) is 11.5 Å². The number of methoxy groups -OCH3 is 1. The molecular formula is C14H11Cl2NO2. The van der Waals surface area contributed by atoms with Crippen LogP contribution < -0.4 is 4.74 Å². The van der Waals surface area contributed by atoms with E-state index in [0.717, 1.165) is 0 Å². The minimum Gasteiger partial charge on any atom is -0.504 e. The molecule has 0 aliphatic heterocycles. The molecule has 0 spiro atoms. The van der Waals surface area contributed by atoms with Crippen LogP contribution >= 0.6 is 23.2 Å². The number of aromatic hydroxyl groups is 1. The maximum atomic E-state index is 9.91. The van der Waals surface area contributed by atoms with E-state index in [1.165, 1.54) is 13.3 Å². The van der Waals surface area contributed by atoms with Gasteiger partial charge in [-0.25, -0.2) is 0 Å². The normalized spacial score (nSPS) is 10.9. The summed E-state index contributed by atoms with van der Waals surface area (Å²) >= 11 is 11.8. The molecule has 0 saturated carbocycles. The highest BCUT2D eigenvalue weighted by molar-refractivity contribution is 6.35. The van der Waals surface area contributed by atoms with E-state index in [-0.39, 0.29) is 5.75 Å². The van der Waals surface area contributed by atoms with Crippen molar-refractivity contribution < 1.29 is 9.84 Å². The lowest BCUT2D eigenvalue weighted by atomic mass is 10.2. The van der Waals surface area contributed by atoms with E-state index in [1.807, 2.05) is 0 Å². The fourth-order valence-electron chi connectivity index (χ4n) is 1.57. The van der Waals surface area contributed by atoms with E-state index in [2.05, 4.69) is 4.99 Å². The predicted molar refractivity (Wildman–Crippen MR) is 78.4 cm³/mol. The molecule has 0 aromatic heterocycles. The summed E-state index contributed by atoms with van der Waals surface area (Å²) in [5.41, 5.74) is 1.16. The van der Waals surface area contributed by atoms with Gasteiger partial charge >= 0.3 is 0 Å². The number of benzene rings is 2. The van der Waals surface area contributed by atoms with E-state index in [9.17, 15) is 5.11 Å². The monoisotopic (exact) mass is 295 g/mol. The highest BCUT2D eigenvalue weighted by atomic mass is 35.5. The van der Waals surface area contributed by atoms with Gasteiger partial charge in [0.2, 0.25) is 0 Å². The Balaban J connectivity index is 2.32. The molecule has 19 heavy (non-hydrogen) atoms. The Hall–Kier alpha value is -1.71. The Morgan fingerprint density at radius 2 is 1.84 bits per heavy atom. The molecule has 2 rings (SSSR count). The van der Waals surface area contributed by atoms with Crippen molar-refractivity contribution >= 4 is 35.1 Å². The van der Waals surface area contributed by atoms with E-state index in [1.54, 1.807) is 36.4 Å². The van der Waals surface area contributed by atoms with Crippen LogP contribution in [0.4, 0.5) is 5.69 Å². The van der Waals surface area contributed by atoms with Gasteiger partial charge in [0.05, 0.1) is 12.8 Å². The smallest absolute Gasteiger partial charge is 0.166 e. The number of hydrogen-bond acceptors (Lipinski definition) is 3. The van der Waals surface area contributed by atoms with E-state index < -0.39 is 0 Å². The number of halogens is 2. The standard InChI is InChI=1S/C14H11Cl2NO2/c1-19-13-4-2-3-9(14(13)18)8-17-12-6-10(15)5-11(16)7-12/h2-8,18H,1H3. The second-order valence-corrected chi connectivity index (χ2v) is 4.66. The molecule has 1 N–H and O–H groups in total. The maximum absolute atomic E-state index is 9.91. The van der Waals surface area contributed by atoms with Gasteiger partial charge in [-0.1, -0.05) is 29.3 Å². The number of aliphatic imine (C=N–C) groups is 1. The molecule has 0 fully saturated rings. The van der Waals surface area contributed by atoms with Gasteiger partial charge in [-0.3, -0.25) is 4.99 Å². The molecule has 0 heterocycles. The van der Waals surface area contributed by atoms with Gasteiger partial charge in [-0.2, -0.15) is 0 Å². The van der Waals surface area contributed by atoms with Crippen molar-refractivity contribution in [2.24, 2.45) is 4.99 Å². The Morgan fingerprint density at radius 3 is 2.47 bits per heavy atom. The Labute approximate surface area is 121 Å². The number of rotatable bonds is 3. The quantitative estimate of drug-likeness (QED) is 0.850. The van der Waals surface area contributed by atoms with Gasteiger partial charge in [0, 0.05) is 21.8 Å². The Kier molecular flexibility index (Phi) is 4.30. The largest absolute Gasteiger partial charge is 0.504 e. The first-order chi connectivity index (χ1) is 9.10. The first-order valence-electron chi connectivity index (χ1n) is 5.46. The predicted octanol–water partition coefficient (Wildman–Crippen LogP) is 4.46. The van der Waals surface area contributed by atoms with E-state index in [0.29, 0.717) is 27.0 Å². The number of para-hydroxylation sites is 1. The summed E-state index contributed by atoms with van der Waals surface area (Å²) in [6, 6.07) is 10.2. The van der Waals surface area contributed by atoms with Crippen molar-refractivity contribution in [1.82, 2.24) is 0 Å². The van der Waals surface area contributed by atoms with Gasteiger partial charge in [-0.05, 0) is 30.3 Å². The number of phenols is 1. The first kappa shape index (κ1) is 13.7. The second kappa shape index (κ2) is 5.95. The summed E-state index contributed by atoms with van der Waals surface area (Å²) in [7, 11) is 1.49. The Morgan fingerprint density at radius 1 is 1.16 bits per heavy atom. The number of ether oxygens (including phenoxy) is 1. The van der Waals surface area contributed by atoms with Crippen LogP contribution in [0.1, 0.15) is 5.56 Å². The van der Waals surface area contributed by atoms with Crippen LogP contribution in [0.3, 0.4) is 0 Å². The molecule has 2 aromatic rings. The SMILES string of the molecule is COc1cccc(C=Nc2cc(Cl)cc(Cl)c2)c1O. The summed E-state index contributed by atoms with van der Waals surface area (Å²) in [6.45, 7) is 0.